The molecule has 3 atom stereocenters. The predicted octanol–water partition coefficient (Wildman–Crippen LogP) is 3.11. The minimum atomic E-state index is -0.214. The first kappa shape index (κ1) is 16.4. The van der Waals surface area contributed by atoms with Gasteiger partial charge in [-0.25, -0.2) is 4.39 Å². The standard InChI is InChI=1S/C17H27FN2O/c1-13(14-8-4-5-9-15(14)18)20(2)17(12-19)11-7-6-10-16(17)21-3/h4-5,8-9,13,16H,6-7,10-12,19H2,1-3H3. The average Bonchev–Trinajstić information content (AvgIpc) is 2.53. The second-order valence-corrected chi connectivity index (χ2v) is 6.09. The second kappa shape index (κ2) is 6.86. The van der Waals surface area contributed by atoms with Crippen LogP contribution in [0, 0.1) is 5.82 Å². The Morgan fingerprint density at radius 3 is 2.76 bits per heavy atom. The van der Waals surface area contributed by atoms with E-state index < -0.39 is 0 Å². The molecule has 21 heavy (non-hydrogen) atoms. The summed E-state index contributed by atoms with van der Waals surface area (Å²) in [6.45, 7) is 2.57. The van der Waals surface area contributed by atoms with Gasteiger partial charge in [-0.3, -0.25) is 4.90 Å². The lowest BCUT2D eigenvalue weighted by Gasteiger charge is -2.51. The van der Waals surface area contributed by atoms with Gasteiger partial charge in [0, 0.05) is 25.3 Å². The maximum atomic E-state index is 14.1. The molecule has 3 nitrogen and oxygen atoms in total. The van der Waals surface area contributed by atoms with E-state index in [-0.39, 0.29) is 23.5 Å². The average molecular weight is 294 g/mol. The number of hydrogen-bond donors (Lipinski definition) is 1. The summed E-state index contributed by atoms with van der Waals surface area (Å²) in [5.74, 6) is -0.159. The van der Waals surface area contributed by atoms with E-state index in [2.05, 4.69) is 4.90 Å². The van der Waals surface area contributed by atoms with Gasteiger partial charge in [-0.15, -0.1) is 0 Å². The Kier molecular flexibility index (Phi) is 5.36. The van der Waals surface area contributed by atoms with E-state index in [1.165, 1.54) is 12.5 Å². The van der Waals surface area contributed by atoms with Crippen molar-refractivity contribution in [2.75, 3.05) is 20.7 Å². The summed E-state index contributed by atoms with van der Waals surface area (Å²) in [7, 11) is 3.79. The van der Waals surface area contributed by atoms with Crippen LogP contribution in [0.15, 0.2) is 24.3 Å². The normalized spacial score (nSPS) is 27.8. The Balaban J connectivity index is 2.30. The molecule has 0 amide bonds. The number of nitrogens with zero attached hydrogens (tertiary/aromatic N) is 1. The van der Waals surface area contributed by atoms with E-state index in [9.17, 15) is 4.39 Å². The highest BCUT2D eigenvalue weighted by atomic mass is 19.1. The van der Waals surface area contributed by atoms with Crippen LogP contribution >= 0.6 is 0 Å². The molecule has 2 rings (SSSR count). The van der Waals surface area contributed by atoms with Gasteiger partial charge < -0.3 is 10.5 Å². The quantitative estimate of drug-likeness (QED) is 0.907. The number of likely N-dealkylation sites (N-methyl/N-ethyl adjacent to an activating group) is 1. The number of ether oxygens (including phenoxy) is 1. The van der Waals surface area contributed by atoms with Crippen molar-refractivity contribution in [1.29, 1.82) is 0 Å². The van der Waals surface area contributed by atoms with Gasteiger partial charge in [-0.2, -0.15) is 0 Å². The van der Waals surface area contributed by atoms with Gasteiger partial charge >= 0.3 is 0 Å². The topological polar surface area (TPSA) is 38.5 Å². The molecule has 0 saturated heterocycles. The van der Waals surface area contributed by atoms with Gasteiger partial charge in [-0.05, 0) is 32.9 Å². The first-order valence-corrected chi connectivity index (χ1v) is 7.77. The molecule has 1 aromatic carbocycles. The number of halogens is 1. The maximum absolute atomic E-state index is 14.1. The predicted molar refractivity (Wildman–Crippen MR) is 83.6 cm³/mol. The van der Waals surface area contributed by atoms with Crippen molar-refractivity contribution in [2.24, 2.45) is 5.73 Å². The first-order chi connectivity index (χ1) is 10.1. The van der Waals surface area contributed by atoms with Crippen LogP contribution in [0.25, 0.3) is 0 Å². The van der Waals surface area contributed by atoms with Crippen LogP contribution in [0.5, 0.6) is 0 Å². The molecular formula is C17H27FN2O. The number of benzene rings is 1. The molecule has 0 radical (unpaired) electrons. The highest BCUT2D eigenvalue weighted by molar-refractivity contribution is 5.22. The van der Waals surface area contributed by atoms with Crippen LogP contribution in [0.1, 0.15) is 44.2 Å². The van der Waals surface area contributed by atoms with Crippen molar-refractivity contribution in [1.82, 2.24) is 4.90 Å². The lowest BCUT2D eigenvalue weighted by atomic mass is 9.76. The molecule has 1 aromatic rings. The molecule has 1 saturated carbocycles. The molecule has 0 spiro atoms. The summed E-state index contributed by atoms with van der Waals surface area (Å²) in [6.07, 6.45) is 4.43. The highest BCUT2D eigenvalue weighted by Crippen LogP contribution is 2.39. The van der Waals surface area contributed by atoms with Crippen molar-refractivity contribution < 1.29 is 9.13 Å². The van der Waals surface area contributed by atoms with E-state index in [0.717, 1.165) is 19.3 Å². The fraction of sp³-hybridized carbons (Fsp3) is 0.647. The van der Waals surface area contributed by atoms with Crippen LogP contribution in [0.4, 0.5) is 4.39 Å². The molecule has 1 aliphatic carbocycles. The van der Waals surface area contributed by atoms with Gasteiger partial charge in [0.05, 0.1) is 11.6 Å². The van der Waals surface area contributed by atoms with Crippen LogP contribution < -0.4 is 5.73 Å². The van der Waals surface area contributed by atoms with Crippen molar-refractivity contribution in [3.63, 3.8) is 0 Å². The summed E-state index contributed by atoms with van der Waals surface area (Å²) in [6, 6.07) is 6.94. The molecule has 1 aliphatic rings. The fourth-order valence-corrected chi connectivity index (χ4v) is 3.72. The fourth-order valence-electron chi connectivity index (χ4n) is 3.72. The third kappa shape index (κ3) is 2.98. The monoisotopic (exact) mass is 294 g/mol. The summed E-state index contributed by atoms with van der Waals surface area (Å²) < 4.78 is 19.8. The lowest BCUT2D eigenvalue weighted by Crippen LogP contribution is -2.62. The number of nitrogens with two attached hydrogens (primary N) is 1. The van der Waals surface area contributed by atoms with E-state index in [1.807, 2.05) is 26.1 Å². The first-order valence-electron chi connectivity index (χ1n) is 7.77. The number of hydrogen-bond acceptors (Lipinski definition) is 3. The number of methoxy groups -OCH3 is 1. The van der Waals surface area contributed by atoms with Crippen molar-refractivity contribution in [3.05, 3.63) is 35.6 Å². The van der Waals surface area contributed by atoms with Crippen LogP contribution in [0.2, 0.25) is 0 Å². The molecular weight excluding hydrogens is 267 g/mol. The SMILES string of the molecule is COC1CCCCC1(CN)N(C)C(C)c1ccccc1F. The van der Waals surface area contributed by atoms with Gasteiger partial charge in [0.1, 0.15) is 5.82 Å². The van der Waals surface area contributed by atoms with E-state index in [4.69, 9.17) is 10.5 Å². The minimum absolute atomic E-state index is 0.0366. The maximum Gasteiger partial charge on any atom is 0.127 e. The molecule has 118 valence electrons. The van der Waals surface area contributed by atoms with Gasteiger partial charge in [0.2, 0.25) is 0 Å². The Bertz CT molecular complexity index is 468. The van der Waals surface area contributed by atoms with Crippen LogP contribution in [-0.2, 0) is 4.74 Å². The van der Waals surface area contributed by atoms with Crippen LogP contribution in [-0.4, -0.2) is 37.2 Å². The molecule has 4 heteroatoms. The van der Waals surface area contributed by atoms with E-state index in [0.29, 0.717) is 12.1 Å². The van der Waals surface area contributed by atoms with Gasteiger partial charge in [-0.1, -0.05) is 31.0 Å². The van der Waals surface area contributed by atoms with E-state index >= 15 is 0 Å². The van der Waals surface area contributed by atoms with E-state index in [1.54, 1.807) is 13.2 Å². The summed E-state index contributed by atoms with van der Waals surface area (Å²) in [5.41, 5.74) is 6.65. The Morgan fingerprint density at radius 2 is 2.14 bits per heavy atom. The molecule has 2 N–H and O–H groups in total. The zero-order valence-electron chi connectivity index (χ0n) is 13.3. The largest absolute Gasteiger partial charge is 0.379 e. The van der Waals surface area contributed by atoms with Gasteiger partial charge in [0.15, 0.2) is 0 Å². The van der Waals surface area contributed by atoms with Gasteiger partial charge in [0.25, 0.3) is 0 Å². The zero-order chi connectivity index (χ0) is 15.5. The van der Waals surface area contributed by atoms with Crippen molar-refractivity contribution in [2.45, 2.75) is 50.3 Å². The smallest absolute Gasteiger partial charge is 0.127 e. The van der Waals surface area contributed by atoms with Crippen molar-refractivity contribution >= 4 is 0 Å². The Hall–Kier alpha value is -0.970. The second-order valence-electron chi connectivity index (χ2n) is 6.09. The third-order valence-electron chi connectivity index (χ3n) is 5.20. The number of rotatable bonds is 5. The molecule has 0 aliphatic heterocycles. The minimum Gasteiger partial charge on any atom is -0.379 e. The zero-order valence-corrected chi connectivity index (χ0v) is 13.3. The molecule has 0 heterocycles. The highest BCUT2D eigenvalue weighted by Gasteiger charge is 2.45. The Labute approximate surface area is 127 Å². The molecule has 3 unspecified atom stereocenters. The summed E-state index contributed by atoms with van der Waals surface area (Å²) in [4.78, 5) is 2.22. The molecule has 1 fully saturated rings. The lowest BCUT2D eigenvalue weighted by molar-refractivity contribution is -0.0794. The summed E-state index contributed by atoms with van der Waals surface area (Å²) >= 11 is 0. The summed E-state index contributed by atoms with van der Waals surface area (Å²) in [5, 5.41) is 0. The Morgan fingerprint density at radius 1 is 1.43 bits per heavy atom. The molecule has 0 bridgehead atoms. The third-order valence-corrected chi connectivity index (χ3v) is 5.20. The van der Waals surface area contributed by atoms with Crippen molar-refractivity contribution in [3.8, 4) is 0 Å². The van der Waals surface area contributed by atoms with Crippen LogP contribution in [0.3, 0.4) is 0 Å². The molecule has 0 aromatic heterocycles.